The molecule has 134 valence electrons. The molecule has 0 saturated carbocycles. The van der Waals surface area contributed by atoms with Crippen LogP contribution in [-0.4, -0.2) is 62.3 Å². The summed E-state index contributed by atoms with van der Waals surface area (Å²) in [4.78, 5) is 13.9. The number of nitrogens with zero attached hydrogens (tertiary/aromatic N) is 1. The van der Waals surface area contributed by atoms with Crippen molar-refractivity contribution in [1.82, 2.24) is 4.90 Å². The Morgan fingerprint density at radius 2 is 1.79 bits per heavy atom. The fourth-order valence-corrected chi connectivity index (χ4v) is 2.92. The van der Waals surface area contributed by atoms with Gasteiger partial charge in [0.1, 0.15) is 12.4 Å². The number of ketones is 1. The highest BCUT2D eigenvalue weighted by atomic mass is 16.5. The molecule has 0 radical (unpaired) electrons. The van der Waals surface area contributed by atoms with E-state index < -0.39 is 0 Å². The molecule has 1 aromatic rings. The van der Waals surface area contributed by atoms with Gasteiger partial charge in [-0.05, 0) is 38.1 Å². The summed E-state index contributed by atoms with van der Waals surface area (Å²) in [6.07, 6.45) is 1.11. The van der Waals surface area contributed by atoms with Gasteiger partial charge in [-0.2, -0.15) is 0 Å². The Kier molecular flexibility index (Phi) is 7.69. The number of hydrogen-bond acceptors (Lipinski definition) is 5. The van der Waals surface area contributed by atoms with Gasteiger partial charge in [-0.3, -0.25) is 9.69 Å². The van der Waals surface area contributed by atoms with Gasteiger partial charge in [0, 0.05) is 31.6 Å². The zero-order valence-electron chi connectivity index (χ0n) is 15.0. The molecule has 1 saturated heterocycles. The largest absolute Gasteiger partial charge is 0.491 e. The zero-order valence-corrected chi connectivity index (χ0v) is 15.0. The molecular formula is C19H29NO4. The number of carbonyl (C=O) groups is 1. The van der Waals surface area contributed by atoms with Gasteiger partial charge in [-0.1, -0.05) is 6.92 Å². The topological polar surface area (TPSA) is 48.0 Å². The van der Waals surface area contributed by atoms with Crippen molar-refractivity contribution >= 4 is 5.78 Å². The van der Waals surface area contributed by atoms with E-state index in [-0.39, 0.29) is 5.78 Å². The zero-order chi connectivity index (χ0) is 17.4. The molecule has 0 aromatic heterocycles. The molecule has 24 heavy (non-hydrogen) atoms. The van der Waals surface area contributed by atoms with E-state index >= 15 is 0 Å². The molecule has 0 aliphatic carbocycles. The highest BCUT2D eigenvalue weighted by Crippen LogP contribution is 2.13. The first-order valence-corrected chi connectivity index (χ1v) is 8.80. The second-order valence-corrected chi connectivity index (χ2v) is 6.28. The van der Waals surface area contributed by atoms with E-state index in [1.165, 1.54) is 0 Å². The van der Waals surface area contributed by atoms with Crippen LogP contribution in [-0.2, 0) is 9.47 Å². The van der Waals surface area contributed by atoms with Crippen LogP contribution in [0.2, 0.25) is 0 Å². The van der Waals surface area contributed by atoms with Crippen LogP contribution in [0.3, 0.4) is 0 Å². The SMILES string of the molecule is CCC(=O)c1ccc(OCCOCCN2CC(C)OC(C)C2)cc1. The van der Waals surface area contributed by atoms with Crippen LogP contribution in [0.4, 0.5) is 0 Å². The smallest absolute Gasteiger partial charge is 0.162 e. The molecule has 1 fully saturated rings. The van der Waals surface area contributed by atoms with Gasteiger partial charge in [-0.25, -0.2) is 0 Å². The second kappa shape index (κ2) is 9.77. The summed E-state index contributed by atoms with van der Waals surface area (Å²) in [7, 11) is 0. The highest BCUT2D eigenvalue weighted by molar-refractivity contribution is 5.95. The van der Waals surface area contributed by atoms with E-state index in [1.807, 2.05) is 31.2 Å². The third-order valence-electron chi connectivity index (χ3n) is 4.04. The maximum Gasteiger partial charge on any atom is 0.162 e. The lowest BCUT2D eigenvalue weighted by Crippen LogP contribution is -2.46. The van der Waals surface area contributed by atoms with Crippen molar-refractivity contribution in [1.29, 1.82) is 0 Å². The number of hydrogen-bond donors (Lipinski definition) is 0. The minimum absolute atomic E-state index is 0.150. The lowest BCUT2D eigenvalue weighted by atomic mass is 10.1. The number of ether oxygens (including phenoxy) is 3. The van der Waals surface area contributed by atoms with Gasteiger partial charge >= 0.3 is 0 Å². The van der Waals surface area contributed by atoms with Gasteiger partial charge in [0.15, 0.2) is 5.78 Å². The second-order valence-electron chi connectivity index (χ2n) is 6.28. The lowest BCUT2D eigenvalue weighted by molar-refractivity contribution is -0.0734. The van der Waals surface area contributed by atoms with Crippen LogP contribution in [0.15, 0.2) is 24.3 Å². The van der Waals surface area contributed by atoms with Gasteiger partial charge in [-0.15, -0.1) is 0 Å². The van der Waals surface area contributed by atoms with Crippen LogP contribution in [0.1, 0.15) is 37.6 Å². The van der Waals surface area contributed by atoms with E-state index in [1.54, 1.807) is 0 Å². The van der Waals surface area contributed by atoms with Crippen molar-refractivity contribution in [2.45, 2.75) is 39.4 Å². The van der Waals surface area contributed by atoms with E-state index in [0.717, 1.165) is 30.9 Å². The van der Waals surface area contributed by atoms with Crippen molar-refractivity contribution in [3.8, 4) is 5.75 Å². The van der Waals surface area contributed by atoms with Gasteiger partial charge in [0.2, 0.25) is 0 Å². The molecule has 1 aromatic carbocycles. The van der Waals surface area contributed by atoms with Crippen LogP contribution >= 0.6 is 0 Å². The monoisotopic (exact) mass is 335 g/mol. The molecule has 2 rings (SSSR count). The van der Waals surface area contributed by atoms with E-state index in [0.29, 0.717) is 38.4 Å². The third kappa shape index (κ3) is 6.23. The summed E-state index contributed by atoms with van der Waals surface area (Å²) in [6, 6.07) is 7.28. The molecule has 0 bridgehead atoms. The van der Waals surface area contributed by atoms with Crippen molar-refractivity contribution in [2.75, 3.05) is 39.5 Å². The van der Waals surface area contributed by atoms with Gasteiger partial charge in [0.05, 0.1) is 25.4 Å². The minimum atomic E-state index is 0.150. The first-order chi connectivity index (χ1) is 11.6. The van der Waals surface area contributed by atoms with Crippen molar-refractivity contribution in [2.24, 2.45) is 0 Å². The maximum atomic E-state index is 11.6. The summed E-state index contributed by atoms with van der Waals surface area (Å²) in [6.45, 7) is 10.7. The predicted octanol–water partition coefficient (Wildman–Crippen LogP) is 2.78. The van der Waals surface area contributed by atoms with E-state index in [2.05, 4.69) is 18.7 Å². The maximum absolute atomic E-state index is 11.6. The number of rotatable bonds is 9. The molecule has 2 unspecified atom stereocenters. The Bertz CT molecular complexity index is 493. The van der Waals surface area contributed by atoms with Crippen molar-refractivity contribution in [3.63, 3.8) is 0 Å². The molecule has 0 amide bonds. The normalized spacial score (nSPS) is 21.6. The van der Waals surface area contributed by atoms with Crippen LogP contribution in [0.25, 0.3) is 0 Å². The quantitative estimate of drug-likeness (QED) is 0.513. The third-order valence-corrected chi connectivity index (χ3v) is 4.04. The summed E-state index contributed by atoms with van der Waals surface area (Å²) in [5.74, 6) is 0.915. The molecule has 5 heteroatoms. The Balaban J connectivity index is 1.57. The summed E-state index contributed by atoms with van der Waals surface area (Å²) in [5.41, 5.74) is 0.732. The number of Topliss-reactive ketones (excluding diaryl/α,β-unsaturated/α-hetero) is 1. The van der Waals surface area contributed by atoms with Crippen LogP contribution in [0, 0.1) is 0 Å². The van der Waals surface area contributed by atoms with Crippen molar-refractivity contribution < 1.29 is 19.0 Å². The molecule has 2 atom stereocenters. The van der Waals surface area contributed by atoms with Gasteiger partial charge < -0.3 is 14.2 Å². The molecule has 0 N–H and O–H groups in total. The molecular weight excluding hydrogens is 306 g/mol. The fraction of sp³-hybridized carbons (Fsp3) is 0.632. The Morgan fingerprint density at radius 1 is 1.12 bits per heavy atom. The lowest BCUT2D eigenvalue weighted by Gasteiger charge is -2.35. The van der Waals surface area contributed by atoms with Crippen molar-refractivity contribution in [3.05, 3.63) is 29.8 Å². The van der Waals surface area contributed by atoms with Gasteiger partial charge in [0.25, 0.3) is 0 Å². The Morgan fingerprint density at radius 3 is 2.42 bits per heavy atom. The Hall–Kier alpha value is -1.43. The number of carbonyl (C=O) groups excluding carboxylic acids is 1. The molecule has 1 heterocycles. The fourth-order valence-electron chi connectivity index (χ4n) is 2.92. The standard InChI is InChI=1S/C19H29NO4/c1-4-19(21)17-5-7-18(8-6-17)23-12-11-22-10-9-20-13-15(2)24-16(3)14-20/h5-8,15-16H,4,9-14H2,1-3H3. The average molecular weight is 335 g/mol. The van der Waals surface area contributed by atoms with E-state index in [9.17, 15) is 4.79 Å². The average Bonchev–Trinajstić information content (AvgIpc) is 2.57. The highest BCUT2D eigenvalue weighted by Gasteiger charge is 2.21. The molecule has 1 aliphatic heterocycles. The summed E-state index contributed by atoms with van der Waals surface area (Å²) >= 11 is 0. The number of morpholine rings is 1. The predicted molar refractivity (Wildman–Crippen MR) is 93.8 cm³/mol. The van der Waals surface area contributed by atoms with Crippen LogP contribution in [0.5, 0.6) is 5.75 Å². The molecule has 5 nitrogen and oxygen atoms in total. The number of benzene rings is 1. The van der Waals surface area contributed by atoms with E-state index in [4.69, 9.17) is 14.2 Å². The van der Waals surface area contributed by atoms with Crippen LogP contribution < -0.4 is 4.74 Å². The summed E-state index contributed by atoms with van der Waals surface area (Å²) < 4.78 is 17.0. The Labute approximate surface area is 144 Å². The molecule has 1 aliphatic rings. The first-order valence-electron chi connectivity index (χ1n) is 8.80. The summed E-state index contributed by atoms with van der Waals surface area (Å²) in [5, 5.41) is 0. The first kappa shape index (κ1) is 18.9. The minimum Gasteiger partial charge on any atom is -0.491 e. The molecule has 0 spiro atoms.